The van der Waals surface area contributed by atoms with Crippen molar-refractivity contribution in [3.8, 4) is 0 Å². The summed E-state index contributed by atoms with van der Waals surface area (Å²) in [5.74, 6) is -0.619. The smallest absolute Gasteiger partial charge is 0.261 e. The highest BCUT2D eigenvalue weighted by Crippen LogP contribution is 2.12. The molecular weight excluding hydrogens is 338 g/mol. The van der Waals surface area contributed by atoms with Gasteiger partial charge in [-0.2, -0.15) is 0 Å². The van der Waals surface area contributed by atoms with Crippen molar-refractivity contribution in [2.24, 2.45) is 5.92 Å². The van der Waals surface area contributed by atoms with Crippen molar-refractivity contribution in [3.63, 3.8) is 0 Å². The number of benzene rings is 2. The Morgan fingerprint density at radius 3 is 2.28 bits per heavy atom. The van der Waals surface area contributed by atoms with Gasteiger partial charge in [0.2, 0.25) is 0 Å². The summed E-state index contributed by atoms with van der Waals surface area (Å²) in [6.07, 6.45) is 0.754. The van der Waals surface area contributed by atoms with Gasteiger partial charge in [-0.25, -0.2) is 0 Å². The molecule has 2 unspecified atom stereocenters. The largest absolute Gasteiger partial charge is 0.340 e. The van der Waals surface area contributed by atoms with Crippen LogP contribution in [0.25, 0.3) is 0 Å². The molecule has 0 saturated carbocycles. The van der Waals surface area contributed by atoms with Crippen molar-refractivity contribution in [2.45, 2.75) is 26.3 Å². The zero-order valence-electron chi connectivity index (χ0n) is 14.3. The molecule has 3 N–H and O–H groups in total. The van der Waals surface area contributed by atoms with Crippen LogP contribution in [0.1, 0.15) is 30.6 Å². The van der Waals surface area contributed by atoms with E-state index in [1.807, 2.05) is 44.2 Å². The van der Waals surface area contributed by atoms with Gasteiger partial charge in [-0.05, 0) is 42.3 Å². The first-order valence-electron chi connectivity index (χ1n) is 8.18. The fourth-order valence-electron chi connectivity index (χ4n) is 2.26. The molecule has 0 saturated heterocycles. The number of carbonyl (C=O) groups excluding carboxylic acids is 2. The average Bonchev–Trinajstić information content (AvgIpc) is 2.64. The third-order valence-corrected chi connectivity index (χ3v) is 4.24. The molecule has 0 aliphatic carbocycles. The van der Waals surface area contributed by atoms with Gasteiger partial charge in [-0.1, -0.05) is 50.1 Å². The number of rotatable bonds is 7. The quantitative estimate of drug-likeness (QED) is 0.661. The SMILES string of the molecule is CCC(C)C(NC(=O)c1ccc(Cl)cc1)C(=O)NNc1ccccc1. The van der Waals surface area contributed by atoms with Gasteiger partial charge >= 0.3 is 0 Å². The first-order valence-corrected chi connectivity index (χ1v) is 8.56. The first-order chi connectivity index (χ1) is 12.0. The summed E-state index contributed by atoms with van der Waals surface area (Å²) in [6, 6.07) is 15.2. The monoisotopic (exact) mass is 359 g/mol. The molecule has 0 bridgehead atoms. The summed E-state index contributed by atoms with van der Waals surface area (Å²) in [7, 11) is 0. The first kappa shape index (κ1) is 18.8. The highest BCUT2D eigenvalue weighted by Gasteiger charge is 2.26. The van der Waals surface area contributed by atoms with Crippen LogP contribution in [0.15, 0.2) is 54.6 Å². The molecule has 0 aromatic heterocycles. The van der Waals surface area contributed by atoms with E-state index < -0.39 is 6.04 Å². The Balaban J connectivity index is 2.03. The maximum atomic E-state index is 12.5. The van der Waals surface area contributed by atoms with E-state index in [0.29, 0.717) is 10.6 Å². The number of anilines is 1. The van der Waals surface area contributed by atoms with Crippen LogP contribution in [0.3, 0.4) is 0 Å². The lowest BCUT2D eigenvalue weighted by atomic mass is 9.98. The molecule has 132 valence electrons. The summed E-state index contributed by atoms with van der Waals surface area (Å²) in [5.41, 5.74) is 6.74. The summed E-state index contributed by atoms with van der Waals surface area (Å²) in [4.78, 5) is 24.9. The number of hydrogen-bond acceptors (Lipinski definition) is 3. The van der Waals surface area contributed by atoms with Crippen molar-refractivity contribution in [1.82, 2.24) is 10.7 Å². The van der Waals surface area contributed by atoms with Gasteiger partial charge < -0.3 is 5.32 Å². The Morgan fingerprint density at radius 2 is 1.68 bits per heavy atom. The van der Waals surface area contributed by atoms with E-state index in [9.17, 15) is 9.59 Å². The van der Waals surface area contributed by atoms with Gasteiger partial charge in [-0.15, -0.1) is 0 Å². The zero-order chi connectivity index (χ0) is 18.2. The van der Waals surface area contributed by atoms with Gasteiger partial charge in [0.15, 0.2) is 0 Å². The molecule has 0 aliphatic heterocycles. The van der Waals surface area contributed by atoms with Crippen LogP contribution >= 0.6 is 11.6 Å². The van der Waals surface area contributed by atoms with Crippen LogP contribution in [-0.2, 0) is 4.79 Å². The van der Waals surface area contributed by atoms with E-state index in [1.54, 1.807) is 24.3 Å². The topological polar surface area (TPSA) is 70.2 Å². The average molecular weight is 360 g/mol. The number of amides is 2. The maximum absolute atomic E-state index is 12.5. The Morgan fingerprint density at radius 1 is 1.04 bits per heavy atom. The summed E-state index contributed by atoms with van der Waals surface area (Å²) >= 11 is 5.84. The zero-order valence-corrected chi connectivity index (χ0v) is 15.0. The Kier molecular flexibility index (Phi) is 6.83. The summed E-state index contributed by atoms with van der Waals surface area (Å²) < 4.78 is 0. The van der Waals surface area contributed by atoms with Crippen LogP contribution in [0.5, 0.6) is 0 Å². The molecule has 25 heavy (non-hydrogen) atoms. The van der Waals surface area contributed by atoms with E-state index >= 15 is 0 Å². The molecule has 2 rings (SSSR count). The third-order valence-electron chi connectivity index (χ3n) is 3.99. The van der Waals surface area contributed by atoms with Gasteiger partial charge in [0, 0.05) is 10.6 Å². The lowest BCUT2D eigenvalue weighted by Crippen LogP contribution is -2.51. The Bertz CT molecular complexity index is 704. The van der Waals surface area contributed by atoms with E-state index in [-0.39, 0.29) is 17.7 Å². The number of hydrogen-bond donors (Lipinski definition) is 3. The van der Waals surface area contributed by atoms with Crippen molar-refractivity contribution in [3.05, 3.63) is 65.2 Å². The fourth-order valence-corrected chi connectivity index (χ4v) is 2.39. The number of nitrogens with one attached hydrogen (secondary N) is 3. The van der Waals surface area contributed by atoms with Crippen LogP contribution in [-0.4, -0.2) is 17.9 Å². The molecule has 2 aromatic rings. The minimum Gasteiger partial charge on any atom is -0.340 e. The van der Waals surface area contributed by atoms with E-state index in [2.05, 4.69) is 16.2 Å². The number of carbonyl (C=O) groups is 2. The highest BCUT2D eigenvalue weighted by molar-refractivity contribution is 6.30. The minimum atomic E-state index is -0.649. The van der Waals surface area contributed by atoms with Crippen LogP contribution < -0.4 is 16.2 Å². The lowest BCUT2D eigenvalue weighted by Gasteiger charge is -2.24. The van der Waals surface area contributed by atoms with Crippen molar-refractivity contribution in [2.75, 3.05) is 5.43 Å². The van der Waals surface area contributed by atoms with E-state index in [0.717, 1.165) is 12.1 Å². The van der Waals surface area contributed by atoms with Crippen LogP contribution in [0.4, 0.5) is 5.69 Å². The predicted molar refractivity (Wildman–Crippen MR) is 100 cm³/mol. The third kappa shape index (κ3) is 5.50. The predicted octanol–water partition coefficient (Wildman–Crippen LogP) is 3.63. The fraction of sp³-hybridized carbons (Fsp3) is 0.263. The molecular formula is C19H22ClN3O2. The van der Waals surface area contributed by atoms with Crippen LogP contribution in [0, 0.1) is 5.92 Å². The molecule has 2 aromatic carbocycles. The standard InChI is InChI=1S/C19H22ClN3O2/c1-3-13(2)17(19(25)23-22-16-7-5-4-6-8-16)21-18(24)14-9-11-15(20)12-10-14/h4-13,17,22H,3H2,1-2H3,(H,21,24)(H,23,25). The van der Waals surface area contributed by atoms with Gasteiger partial charge in [-0.3, -0.25) is 20.4 Å². The van der Waals surface area contributed by atoms with Crippen molar-refractivity contribution >= 4 is 29.1 Å². The molecule has 2 atom stereocenters. The molecule has 0 fully saturated rings. The van der Waals surface area contributed by atoms with Gasteiger partial charge in [0.25, 0.3) is 11.8 Å². The minimum absolute atomic E-state index is 0.0196. The number of hydrazine groups is 1. The summed E-state index contributed by atoms with van der Waals surface area (Å²) in [5, 5.41) is 3.36. The maximum Gasteiger partial charge on any atom is 0.261 e. The highest BCUT2D eigenvalue weighted by atomic mass is 35.5. The molecule has 0 spiro atoms. The van der Waals surface area contributed by atoms with Crippen molar-refractivity contribution in [1.29, 1.82) is 0 Å². The van der Waals surface area contributed by atoms with Crippen LogP contribution in [0.2, 0.25) is 5.02 Å². The summed E-state index contributed by atoms with van der Waals surface area (Å²) in [6.45, 7) is 3.90. The van der Waals surface area contributed by atoms with E-state index in [1.165, 1.54) is 0 Å². The second-order valence-corrected chi connectivity index (χ2v) is 6.26. The lowest BCUT2D eigenvalue weighted by molar-refractivity contribution is -0.123. The molecule has 0 aliphatic rings. The Hall–Kier alpha value is -2.53. The van der Waals surface area contributed by atoms with E-state index in [4.69, 9.17) is 11.6 Å². The van der Waals surface area contributed by atoms with Crippen molar-refractivity contribution < 1.29 is 9.59 Å². The second kappa shape index (κ2) is 9.08. The van der Waals surface area contributed by atoms with Gasteiger partial charge in [0.1, 0.15) is 6.04 Å². The van der Waals surface area contributed by atoms with Gasteiger partial charge in [0.05, 0.1) is 5.69 Å². The second-order valence-electron chi connectivity index (χ2n) is 5.82. The molecule has 0 radical (unpaired) electrons. The molecule has 2 amide bonds. The molecule has 0 heterocycles. The molecule has 6 heteroatoms. The number of halogens is 1. The molecule has 5 nitrogen and oxygen atoms in total. The normalized spacial score (nSPS) is 12.8. The number of para-hydroxylation sites is 1. The Labute approximate surface area is 152 Å².